The number of nitrogens with one attached hydrogen (secondary N) is 1. The normalized spacial score (nSPS) is 15.6. The van der Waals surface area contributed by atoms with Crippen LogP contribution in [0.1, 0.15) is 36.8 Å². The second kappa shape index (κ2) is 5.60. The van der Waals surface area contributed by atoms with Crippen LogP contribution in [-0.4, -0.2) is 17.4 Å². The summed E-state index contributed by atoms with van der Waals surface area (Å²) in [6.07, 6.45) is 4.76. The van der Waals surface area contributed by atoms with Crippen LogP contribution in [0.4, 0.5) is 5.13 Å². The summed E-state index contributed by atoms with van der Waals surface area (Å²) in [6, 6.07) is 0. The number of carbonyl (C=O) groups excluding carboxylic acids is 1. The van der Waals surface area contributed by atoms with E-state index in [1.54, 1.807) is 11.3 Å². The molecule has 1 amide bonds. The van der Waals surface area contributed by atoms with Gasteiger partial charge in [-0.2, -0.15) is 0 Å². The third-order valence-corrected chi connectivity index (χ3v) is 4.18. The fourth-order valence-corrected chi connectivity index (χ4v) is 2.99. The molecule has 1 atom stereocenters. The van der Waals surface area contributed by atoms with Gasteiger partial charge in [-0.1, -0.05) is 6.92 Å². The number of nitrogens with two attached hydrogens (primary N) is 1. The van der Waals surface area contributed by atoms with E-state index < -0.39 is 0 Å². The molecule has 0 bridgehead atoms. The highest BCUT2D eigenvalue weighted by molar-refractivity contribution is 7.15. The number of anilines is 1. The monoisotopic (exact) mass is 253 g/mol. The summed E-state index contributed by atoms with van der Waals surface area (Å²) in [4.78, 5) is 17.5. The molecule has 2 rings (SSSR count). The molecule has 17 heavy (non-hydrogen) atoms. The number of hydrogen-bond acceptors (Lipinski definition) is 4. The highest BCUT2D eigenvalue weighted by Gasteiger charge is 2.17. The molecule has 1 unspecified atom stereocenters. The summed E-state index contributed by atoms with van der Waals surface area (Å²) in [6.45, 7) is 2.70. The van der Waals surface area contributed by atoms with E-state index in [1.807, 2.05) is 0 Å². The van der Waals surface area contributed by atoms with Crippen molar-refractivity contribution in [3.05, 3.63) is 10.6 Å². The van der Waals surface area contributed by atoms with Crippen LogP contribution in [-0.2, 0) is 17.6 Å². The minimum Gasteiger partial charge on any atom is -0.330 e. The Balaban J connectivity index is 1.81. The Kier molecular flexibility index (Phi) is 4.12. The first-order chi connectivity index (χ1) is 8.19. The van der Waals surface area contributed by atoms with Crippen molar-refractivity contribution in [2.75, 3.05) is 11.9 Å². The van der Waals surface area contributed by atoms with Crippen LogP contribution in [0.15, 0.2) is 0 Å². The van der Waals surface area contributed by atoms with Crippen LogP contribution < -0.4 is 11.1 Å². The first-order valence-electron chi connectivity index (χ1n) is 6.17. The van der Waals surface area contributed by atoms with Crippen molar-refractivity contribution in [1.29, 1.82) is 0 Å². The van der Waals surface area contributed by atoms with Crippen LogP contribution in [0.25, 0.3) is 0 Å². The lowest BCUT2D eigenvalue weighted by molar-refractivity contribution is -0.116. The molecule has 1 aliphatic rings. The third kappa shape index (κ3) is 3.26. The summed E-state index contributed by atoms with van der Waals surface area (Å²) < 4.78 is 0. The van der Waals surface area contributed by atoms with E-state index in [-0.39, 0.29) is 5.91 Å². The molecule has 0 saturated heterocycles. The number of carbonyl (C=O) groups is 1. The molecular weight excluding hydrogens is 234 g/mol. The van der Waals surface area contributed by atoms with Gasteiger partial charge in [0.1, 0.15) is 0 Å². The van der Waals surface area contributed by atoms with E-state index in [9.17, 15) is 4.79 Å². The molecule has 3 N–H and O–H groups in total. The Hall–Kier alpha value is -0.940. The smallest absolute Gasteiger partial charge is 0.226 e. The predicted molar refractivity (Wildman–Crippen MR) is 70.2 cm³/mol. The van der Waals surface area contributed by atoms with E-state index in [1.165, 1.54) is 17.0 Å². The Bertz CT molecular complexity index is 381. The molecule has 1 aliphatic carbocycles. The molecule has 1 aromatic heterocycles. The topological polar surface area (TPSA) is 68.0 Å². The fourth-order valence-electron chi connectivity index (χ4n) is 1.92. The van der Waals surface area contributed by atoms with Gasteiger partial charge in [0.15, 0.2) is 5.13 Å². The molecule has 1 aromatic rings. The first kappa shape index (κ1) is 12.5. The van der Waals surface area contributed by atoms with Crippen LogP contribution in [0.2, 0.25) is 0 Å². The van der Waals surface area contributed by atoms with Gasteiger partial charge < -0.3 is 11.1 Å². The second-order valence-electron chi connectivity index (χ2n) is 4.67. The predicted octanol–water partition coefficient (Wildman–Crippen LogP) is 1.95. The summed E-state index contributed by atoms with van der Waals surface area (Å²) >= 11 is 1.62. The van der Waals surface area contributed by atoms with Gasteiger partial charge in [-0.15, -0.1) is 11.3 Å². The Labute approximate surface area is 106 Å². The Morgan fingerprint density at radius 2 is 2.41 bits per heavy atom. The number of nitrogens with zero attached hydrogens (tertiary/aromatic N) is 1. The molecule has 0 radical (unpaired) electrons. The van der Waals surface area contributed by atoms with E-state index >= 15 is 0 Å². The standard InChI is InChI=1S/C12H19N3OS/c1-8(7-13)5-6-11(16)15-12-14-9-3-2-4-10(9)17-12/h8H,2-7,13H2,1H3,(H,14,15,16). The third-order valence-electron chi connectivity index (χ3n) is 3.11. The van der Waals surface area contributed by atoms with Crippen LogP contribution in [0, 0.1) is 5.92 Å². The molecule has 94 valence electrons. The molecule has 0 spiro atoms. The molecule has 0 aliphatic heterocycles. The maximum atomic E-state index is 11.7. The number of rotatable bonds is 5. The summed E-state index contributed by atoms with van der Waals surface area (Å²) in [5, 5.41) is 3.64. The zero-order valence-electron chi connectivity index (χ0n) is 10.2. The molecule has 1 heterocycles. The Morgan fingerprint density at radius 3 is 3.12 bits per heavy atom. The van der Waals surface area contributed by atoms with E-state index in [0.717, 1.165) is 24.4 Å². The Morgan fingerprint density at radius 1 is 1.59 bits per heavy atom. The number of aryl methyl sites for hydroxylation is 2. The minimum atomic E-state index is 0.0534. The van der Waals surface area contributed by atoms with Crippen molar-refractivity contribution in [1.82, 2.24) is 4.98 Å². The maximum absolute atomic E-state index is 11.7. The van der Waals surface area contributed by atoms with Crippen molar-refractivity contribution < 1.29 is 4.79 Å². The van der Waals surface area contributed by atoms with Gasteiger partial charge in [-0.05, 0) is 38.1 Å². The average molecular weight is 253 g/mol. The van der Waals surface area contributed by atoms with Crippen molar-refractivity contribution >= 4 is 22.4 Å². The van der Waals surface area contributed by atoms with E-state index in [0.29, 0.717) is 18.9 Å². The van der Waals surface area contributed by atoms with Gasteiger partial charge in [0, 0.05) is 11.3 Å². The minimum absolute atomic E-state index is 0.0534. The van der Waals surface area contributed by atoms with Crippen molar-refractivity contribution in [2.45, 2.75) is 39.0 Å². The maximum Gasteiger partial charge on any atom is 0.226 e. The van der Waals surface area contributed by atoms with Crippen LogP contribution in [0.3, 0.4) is 0 Å². The van der Waals surface area contributed by atoms with E-state index in [2.05, 4.69) is 17.2 Å². The van der Waals surface area contributed by atoms with E-state index in [4.69, 9.17) is 5.73 Å². The van der Waals surface area contributed by atoms with Gasteiger partial charge in [-0.25, -0.2) is 4.98 Å². The number of hydrogen-bond donors (Lipinski definition) is 2. The van der Waals surface area contributed by atoms with Gasteiger partial charge in [0.25, 0.3) is 0 Å². The van der Waals surface area contributed by atoms with Crippen molar-refractivity contribution in [3.63, 3.8) is 0 Å². The summed E-state index contributed by atoms with van der Waals surface area (Å²) in [7, 11) is 0. The van der Waals surface area contributed by atoms with Crippen LogP contribution >= 0.6 is 11.3 Å². The lowest BCUT2D eigenvalue weighted by Gasteiger charge is -2.07. The molecule has 4 nitrogen and oxygen atoms in total. The first-order valence-corrected chi connectivity index (χ1v) is 6.99. The van der Waals surface area contributed by atoms with Gasteiger partial charge in [-0.3, -0.25) is 4.79 Å². The van der Waals surface area contributed by atoms with Crippen LogP contribution in [0.5, 0.6) is 0 Å². The molecule has 0 aromatic carbocycles. The van der Waals surface area contributed by atoms with Gasteiger partial charge >= 0.3 is 0 Å². The number of fused-ring (bicyclic) bond motifs is 1. The zero-order valence-corrected chi connectivity index (χ0v) is 11.0. The van der Waals surface area contributed by atoms with Gasteiger partial charge in [0.2, 0.25) is 5.91 Å². The number of amides is 1. The van der Waals surface area contributed by atoms with Crippen molar-refractivity contribution in [2.24, 2.45) is 11.7 Å². The lowest BCUT2D eigenvalue weighted by Crippen LogP contribution is -2.16. The SMILES string of the molecule is CC(CN)CCC(=O)Nc1nc2c(s1)CCC2. The van der Waals surface area contributed by atoms with Crippen molar-refractivity contribution in [3.8, 4) is 0 Å². The molecular formula is C12H19N3OS. The molecule has 0 fully saturated rings. The summed E-state index contributed by atoms with van der Waals surface area (Å²) in [5.74, 6) is 0.458. The highest BCUT2D eigenvalue weighted by atomic mass is 32.1. The summed E-state index contributed by atoms with van der Waals surface area (Å²) in [5.41, 5.74) is 6.70. The highest BCUT2D eigenvalue weighted by Crippen LogP contribution is 2.30. The fraction of sp³-hybridized carbons (Fsp3) is 0.667. The average Bonchev–Trinajstić information content (AvgIpc) is 2.86. The number of thiazole rings is 1. The second-order valence-corrected chi connectivity index (χ2v) is 5.75. The lowest BCUT2D eigenvalue weighted by atomic mass is 10.1. The number of aromatic nitrogens is 1. The largest absolute Gasteiger partial charge is 0.330 e. The molecule has 5 heteroatoms. The quantitative estimate of drug-likeness (QED) is 0.842. The molecule has 0 saturated carbocycles. The van der Waals surface area contributed by atoms with Gasteiger partial charge in [0.05, 0.1) is 5.69 Å². The zero-order chi connectivity index (χ0) is 12.3.